The van der Waals surface area contributed by atoms with Crippen LogP contribution in [0.5, 0.6) is 0 Å². The van der Waals surface area contributed by atoms with Crippen molar-refractivity contribution in [2.75, 3.05) is 0 Å². The molecular weight excluding hydrogens is 282 g/mol. The van der Waals surface area contributed by atoms with Gasteiger partial charge in [-0.3, -0.25) is 14.9 Å². The molecular formula is C16H15N3O3. The van der Waals surface area contributed by atoms with Crippen molar-refractivity contribution in [2.45, 2.75) is 13.3 Å². The van der Waals surface area contributed by atoms with Crippen LogP contribution in [-0.4, -0.2) is 16.5 Å². The molecule has 0 aliphatic rings. The second kappa shape index (κ2) is 7.12. The van der Waals surface area contributed by atoms with Crippen LogP contribution >= 0.6 is 0 Å². The van der Waals surface area contributed by atoms with E-state index in [2.05, 4.69) is 10.5 Å². The summed E-state index contributed by atoms with van der Waals surface area (Å²) < 4.78 is 0. The molecule has 0 radical (unpaired) electrons. The molecule has 0 spiro atoms. The third-order valence-corrected chi connectivity index (χ3v) is 3.05. The Kier molecular flexibility index (Phi) is 4.98. The maximum Gasteiger partial charge on any atom is 0.269 e. The van der Waals surface area contributed by atoms with Gasteiger partial charge in [-0.1, -0.05) is 30.3 Å². The minimum atomic E-state index is -0.460. The average molecular weight is 297 g/mol. The van der Waals surface area contributed by atoms with Crippen molar-refractivity contribution in [3.05, 3.63) is 75.8 Å². The van der Waals surface area contributed by atoms with E-state index < -0.39 is 4.92 Å². The van der Waals surface area contributed by atoms with E-state index in [1.54, 1.807) is 19.1 Å². The maximum atomic E-state index is 11.8. The molecule has 6 nitrogen and oxygen atoms in total. The van der Waals surface area contributed by atoms with E-state index in [1.165, 1.54) is 12.1 Å². The molecule has 2 rings (SSSR count). The number of hydrogen-bond acceptors (Lipinski definition) is 4. The monoisotopic (exact) mass is 297 g/mol. The molecule has 0 bridgehead atoms. The molecule has 0 saturated carbocycles. The molecule has 2 aromatic carbocycles. The van der Waals surface area contributed by atoms with Crippen molar-refractivity contribution in [3.8, 4) is 0 Å². The first-order chi connectivity index (χ1) is 10.6. The summed E-state index contributed by atoms with van der Waals surface area (Å²) in [5.41, 5.74) is 4.70. The molecule has 0 aliphatic heterocycles. The zero-order valence-electron chi connectivity index (χ0n) is 12.0. The molecule has 0 saturated heterocycles. The number of nitro benzene ring substituents is 1. The summed E-state index contributed by atoms with van der Waals surface area (Å²) in [5, 5.41) is 14.6. The van der Waals surface area contributed by atoms with Gasteiger partial charge in [0, 0.05) is 12.1 Å². The summed E-state index contributed by atoms with van der Waals surface area (Å²) in [4.78, 5) is 21.9. The fourth-order valence-electron chi connectivity index (χ4n) is 1.86. The van der Waals surface area contributed by atoms with Crippen molar-refractivity contribution < 1.29 is 9.72 Å². The van der Waals surface area contributed by atoms with Gasteiger partial charge in [-0.2, -0.15) is 5.10 Å². The number of carbonyl (C=O) groups is 1. The van der Waals surface area contributed by atoms with Gasteiger partial charge in [-0.05, 0) is 30.2 Å². The molecule has 0 aliphatic carbocycles. The first-order valence-corrected chi connectivity index (χ1v) is 6.68. The number of non-ortho nitro benzene ring substituents is 1. The van der Waals surface area contributed by atoms with Crippen LogP contribution in [0.25, 0.3) is 0 Å². The van der Waals surface area contributed by atoms with Gasteiger partial charge in [0.25, 0.3) is 5.69 Å². The average Bonchev–Trinajstić information content (AvgIpc) is 2.53. The summed E-state index contributed by atoms with van der Waals surface area (Å²) in [7, 11) is 0. The Labute approximate surface area is 127 Å². The number of rotatable bonds is 5. The Morgan fingerprint density at radius 1 is 1.14 bits per heavy atom. The molecule has 2 aromatic rings. The van der Waals surface area contributed by atoms with E-state index in [4.69, 9.17) is 0 Å². The lowest BCUT2D eigenvalue weighted by Crippen LogP contribution is -2.21. The van der Waals surface area contributed by atoms with Gasteiger partial charge in [-0.25, -0.2) is 5.43 Å². The number of nitro groups is 1. The number of hydrogen-bond donors (Lipinski definition) is 1. The Morgan fingerprint density at radius 3 is 2.36 bits per heavy atom. The van der Waals surface area contributed by atoms with Gasteiger partial charge in [-0.15, -0.1) is 0 Å². The Bertz CT molecular complexity index is 694. The van der Waals surface area contributed by atoms with Gasteiger partial charge >= 0.3 is 0 Å². The number of amides is 1. The largest absolute Gasteiger partial charge is 0.273 e. The second-order valence-corrected chi connectivity index (χ2v) is 4.70. The smallest absolute Gasteiger partial charge is 0.269 e. The highest BCUT2D eigenvalue weighted by atomic mass is 16.6. The topological polar surface area (TPSA) is 84.6 Å². The predicted molar refractivity (Wildman–Crippen MR) is 83.6 cm³/mol. The van der Waals surface area contributed by atoms with Gasteiger partial charge in [0.05, 0.1) is 17.1 Å². The van der Waals surface area contributed by atoms with Crippen LogP contribution in [0.1, 0.15) is 18.1 Å². The number of carbonyl (C=O) groups excluding carboxylic acids is 1. The van der Waals surface area contributed by atoms with Gasteiger partial charge in [0.1, 0.15) is 0 Å². The summed E-state index contributed by atoms with van der Waals surface area (Å²) >= 11 is 0. The molecule has 0 fully saturated rings. The molecule has 1 N–H and O–H groups in total. The van der Waals surface area contributed by atoms with Crippen LogP contribution in [0.15, 0.2) is 59.7 Å². The molecule has 0 unspecified atom stereocenters. The highest BCUT2D eigenvalue weighted by Crippen LogP contribution is 2.12. The number of benzene rings is 2. The normalized spacial score (nSPS) is 11.0. The van der Waals surface area contributed by atoms with E-state index in [0.29, 0.717) is 11.3 Å². The van der Waals surface area contributed by atoms with Crippen molar-refractivity contribution in [3.63, 3.8) is 0 Å². The van der Waals surface area contributed by atoms with Gasteiger partial charge in [0.15, 0.2) is 0 Å². The molecule has 0 atom stereocenters. The van der Waals surface area contributed by atoms with Crippen molar-refractivity contribution in [1.82, 2.24) is 5.43 Å². The van der Waals surface area contributed by atoms with Crippen LogP contribution in [0.3, 0.4) is 0 Å². The third kappa shape index (κ3) is 4.24. The lowest BCUT2D eigenvalue weighted by atomic mass is 10.1. The summed E-state index contributed by atoms with van der Waals surface area (Å²) in [6.07, 6.45) is 0.248. The fourth-order valence-corrected chi connectivity index (χ4v) is 1.86. The zero-order valence-corrected chi connectivity index (χ0v) is 12.0. The third-order valence-electron chi connectivity index (χ3n) is 3.05. The number of nitrogens with zero attached hydrogens (tertiary/aromatic N) is 2. The highest BCUT2D eigenvalue weighted by molar-refractivity contribution is 5.99. The SMILES string of the molecule is C/C(=N\NC(=O)Cc1ccccc1)c1ccc([N+](=O)[O-])cc1. The quantitative estimate of drug-likeness (QED) is 0.523. The molecule has 0 heterocycles. The Balaban J connectivity index is 1.97. The first kappa shape index (κ1) is 15.4. The van der Waals surface area contributed by atoms with E-state index >= 15 is 0 Å². The molecule has 22 heavy (non-hydrogen) atoms. The second-order valence-electron chi connectivity index (χ2n) is 4.70. The Morgan fingerprint density at radius 2 is 1.77 bits per heavy atom. The van der Waals surface area contributed by atoms with Gasteiger partial charge in [0.2, 0.25) is 5.91 Å². The summed E-state index contributed by atoms with van der Waals surface area (Å²) in [6, 6.07) is 15.4. The minimum Gasteiger partial charge on any atom is -0.273 e. The van der Waals surface area contributed by atoms with Crippen LogP contribution in [0.2, 0.25) is 0 Å². The molecule has 1 amide bonds. The standard InChI is InChI=1S/C16H15N3O3/c1-12(14-7-9-15(10-8-14)19(21)22)17-18-16(20)11-13-5-3-2-4-6-13/h2-10H,11H2,1H3,(H,18,20)/b17-12+. The minimum absolute atomic E-state index is 0.0182. The molecule has 6 heteroatoms. The van der Waals surface area contributed by atoms with Crippen LogP contribution in [0.4, 0.5) is 5.69 Å². The van der Waals surface area contributed by atoms with Crippen LogP contribution in [0, 0.1) is 10.1 Å². The lowest BCUT2D eigenvalue weighted by molar-refractivity contribution is -0.384. The van der Waals surface area contributed by atoms with E-state index in [-0.39, 0.29) is 18.0 Å². The zero-order chi connectivity index (χ0) is 15.9. The first-order valence-electron chi connectivity index (χ1n) is 6.68. The molecule has 112 valence electrons. The van der Waals surface area contributed by atoms with Crippen LogP contribution in [-0.2, 0) is 11.2 Å². The lowest BCUT2D eigenvalue weighted by Gasteiger charge is -2.03. The number of nitrogens with one attached hydrogen (secondary N) is 1. The van der Waals surface area contributed by atoms with Gasteiger partial charge < -0.3 is 0 Å². The van der Waals surface area contributed by atoms with E-state index in [0.717, 1.165) is 5.56 Å². The van der Waals surface area contributed by atoms with Crippen molar-refractivity contribution >= 4 is 17.3 Å². The van der Waals surface area contributed by atoms with Crippen molar-refractivity contribution in [2.24, 2.45) is 5.10 Å². The Hall–Kier alpha value is -3.02. The number of hydrazone groups is 1. The van der Waals surface area contributed by atoms with E-state index in [9.17, 15) is 14.9 Å². The fraction of sp³-hybridized carbons (Fsp3) is 0.125. The highest BCUT2D eigenvalue weighted by Gasteiger charge is 2.06. The van der Waals surface area contributed by atoms with Crippen molar-refractivity contribution in [1.29, 1.82) is 0 Å². The van der Waals surface area contributed by atoms with E-state index in [1.807, 2.05) is 30.3 Å². The summed E-state index contributed by atoms with van der Waals surface area (Å²) in [5.74, 6) is -0.215. The van der Waals surface area contributed by atoms with Crippen LogP contribution < -0.4 is 5.43 Å². The maximum absolute atomic E-state index is 11.8. The predicted octanol–water partition coefficient (Wildman–Crippen LogP) is 2.68. The summed E-state index contributed by atoms with van der Waals surface area (Å²) in [6.45, 7) is 1.73. The molecule has 0 aromatic heterocycles.